The van der Waals surface area contributed by atoms with Crippen LogP contribution in [0, 0.1) is 40.4 Å². The lowest BCUT2D eigenvalue weighted by atomic mass is 9.42. The topological polar surface area (TPSA) is 98.0 Å². The maximum absolute atomic E-state index is 11.5. The Hall–Kier alpha value is -0.650. The summed E-state index contributed by atoms with van der Waals surface area (Å²) in [5.74, 6) is 1.15. The summed E-state index contributed by atoms with van der Waals surface area (Å²) in [4.78, 5) is 11.1. The minimum atomic E-state index is -0.966. The smallest absolute Gasteiger partial charge is 0.303 e. The van der Waals surface area contributed by atoms with E-state index in [9.17, 15) is 20.1 Å². The number of aliphatic carboxylic acids is 1. The summed E-state index contributed by atoms with van der Waals surface area (Å²) in [6.07, 6.45) is 6.69. The van der Waals surface area contributed by atoms with E-state index in [2.05, 4.69) is 20.8 Å². The van der Waals surface area contributed by atoms with Crippen LogP contribution in [0.2, 0.25) is 0 Å². The number of hydrogen-bond donors (Lipinski definition) is 4. The van der Waals surface area contributed by atoms with Gasteiger partial charge in [-0.05, 0) is 85.4 Å². The SMILES string of the molecule is C[C@H](CCC(=O)O)[C@H]1CC[C@H]2[C@@H]3[C@H](O)C[C@]4(O)C[C@H](O)CC[C@]4(C)[C@H]3CC[C@]12C. The van der Waals surface area contributed by atoms with E-state index < -0.39 is 23.8 Å². The van der Waals surface area contributed by atoms with Crippen LogP contribution in [0.15, 0.2) is 0 Å². The summed E-state index contributed by atoms with van der Waals surface area (Å²) >= 11 is 0. The summed E-state index contributed by atoms with van der Waals surface area (Å²) < 4.78 is 0. The van der Waals surface area contributed by atoms with Crippen molar-refractivity contribution in [1.82, 2.24) is 0 Å². The van der Waals surface area contributed by atoms with Crippen molar-refractivity contribution in [2.75, 3.05) is 0 Å². The second-order valence-corrected chi connectivity index (χ2v) is 11.5. The first-order chi connectivity index (χ1) is 13.5. The summed E-state index contributed by atoms with van der Waals surface area (Å²) in [6.45, 7) is 6.82. The molecule has 10 atom stereocenters. The molecule has 4 fully saturated rings. The van der Waals surface area contributed by atoms with Crippen LogP contribution in [-0.4, -0.2) is 44.2 Å². The first kappa shape index (κ1) is 21.6. The van der Waals surface area contributed by atoms with Gasteiger partial charge < -0.3 is 20.4 Å². The maximum Gasteiger partial charge on any atom is 0.303 e. The largest absolute Gasteiger partial charge is 0.481 e. The third kappa shape index (κ3) is 3.18. The molecule has 4 N–H and O–H groups in total. The normalized spacial score (nSPS) is 52.9. The Labute approximate surface area is 174 Å². The van der Waals surface area contributed by atoms with Crippen molar-refractivity contribution >= 4 is 5.97 Å². The Morgan fingerprint density at radius 3 is 2.45 bits per heavy atom. The number of carboxylic acid groups (broad SMARTS) is 1. The van der Waals surface area contributed by atoms with Gasteiger partial charge in [-0.1, -0.05) is 20.8 Å². The van der Waals surface area contributed by atoms with Crippen LogP contribution in [0.1, 0.15) is 85.0 Å². The molecule has 4 rings (SSSR count). The fourth-order valence-corrected chi connectivity index (χ4v) is 8.76. The third-order valence-corrected chi connectivity index (χ3v) is 10.3. The first-order valence-corrected chi connectivity index (χ1v) is 11.8. The van der Waals surface area contributed by atoms with E-state index >= 15 is 0 Å². The van der Waals surface area contributed by atoms with Gasteiger partial charge in [-0.25, -0.2) is 0 Å². The predicted octanol–water partition coefficient (Wildman–Crippen LogP) is 3.59. The van der Waals surface area contributed by atoms with Crippen molar-refractivity contribution in [3.05, 3.63) is 0 Å². The highest BCUT2D eigenvalue weighted by Gasteiger charge is 2.67. The van der Waals surface area contributed by atoms with Gasteiger partial charge in [0.25, 0.3) is 0 Å². The Balaban J connectivity index is 1.59. The number of aliphatic hydroxyl groups is 3. The van der Waals surface area contributed by atoms with E-state index in [1.54, 1.807) is 0 Å². The number of carboxylic acids is 1. The van der Waals surface area contributed by atoms with E-state index in [-0.39, 0.29) is 23.2 Å². The van der Waals surface area contributed by atoms with Crippen molar-refractivity contribution < 1.29 is 25.2 Å². The fourth-order valence-electron chi connectivity index (χ4n) is 8.76. The van der Waals surface area contributed by atoms with Crippen LogP contribution in [0.5, 0.6) is 0 Å². The van der Waals surface area contributed by atoms with Crippen LogP contribution < -0.4 is 0 Å². The molecule has 0 aromatic carbocycles. The number of hydrogen-bond acceptors (Lipinski definition) is 4. The van der Waals surface area contributed by atoms with Gasteiger partial charge in [0.1, 0.15) is 0 Å². The summed E-state index contributed by atoms with van der Waals surface area (Å²) in [5, 5.41) is 42.1. The number of rotatable bonds is 4. The molecule has 4 saturated carbocycles. The van der Waals surface area contributed by atoms with Crippen molar-refractivity contribution in [1.29, 1.82) is 0 Å². The molecule has 5 heteroatoms. The predicted molar refractivity (Wildman–Crippen MR) is 110 cm³/mol. The van der Waals surface area contributed by atoms with Gasteiger partial charge in [0.15, 0.2) is 0 Å². The van der Waals surface area contributed by atoms with Gasteiger partial charge in [0, 0.05) is 19.3 Å². The van der Waals surface area contributed by atoms with E-state index in [0.29, 0.717) is 36.5 Å². The minimum absolute atomic E-state index is 0.153. The first-order valence-electron chi connectivity index (χ1n) is 11.8. The maximum atomic E-state index is 11.5. The average molecular weight is 409 g/mol. The lowest BCUT2D eigenvalue weighted by Crippen LogP contribution is -2.66. The van der Waals surface area contributed by atoms with Crippen LogP contribution in [0.4, 0.5) is 0 Å². The Kier molecular flexibility index (Phi) is 5.36. The van der Waals surface area contributed by atoms with Gasteiger partial charge in [-0.3, -0.25) is 4.79 Å². The van der Waals surface area contributed by atoms with Gasteiger partial charge >= 0.3 is 5.97 Å². The van der Waals surface area contributed by atoms with E-state index in [4.69, 9.17) is 5.11 Å². The third-order valence-electron chi connectivity index (χ3n) is 10.3. The highest BCUT2D eigenvalue weighted by atomic mass is 16.4. The van der Waals surface area contributed by atoms with E-state index in [1.165, 1.54) is 0 Å². The van der Waals surface area contributed by atoms with Gasteiger partial charge in [-0.15, -0.1) is 0 Å². The van der Waals surface area contributed by atoms with Gasteiger partial charge in [0.2, 0.25) is 0 Å². The molecule has 166 valence electrons. The van der Waals surface area contributed by atoms with Gasteiger partial charge in [0.05, 0.1) is 17.8 Å². The molecular weight excluding hydrogens is 368 g/mol. The standard InChI is InChI=1S/C24H40O5/c1-14(4-7-20(27)28)16-5-6-17-21-18(9-10-22(16,17)2)23(3)11-8-15(25)12-24(23,29)13-19(21)26/h14-19,21,25-26,29H,4-13H2,1-3H3,(H,27,28)/t14-,15-,16-,17+,18+,19-,21+,22-,23-,24-/m1/s1. The molecule has 0 aromatic rings. The Morgan fingerprint density at radius 2 is 1.76 bits per heavy atom. The minimum Gasteiger partial charge on any atom is -0.481 e. The zero-order chi connectivity index (χ0) is 21.2. The Bertz CT molecular complexity index is 651. The molecule has 0 aromatic heterocycles. The summed E-state index contributed by atoms with van der Waals surface area (Å²) in [5.41, 5.74) is -1.05. The molecule has 4 aliphatic rings. The molecular formula is C24H40O5. The zero-order valence-electron chi connectivity index (χ0n) is 18.3. The molecule has 4 aliphatic carbocycles. The van der Waals surface area contributed by atoms with Crippen LogP contribution in [-0.2, 0) is 4.79 Å². The van der Waals surface area contributed by atoms with E-state index in [0.717, 1.165) is 44.9 Å². The van der Waals surface area contributed by atoms with Crippen LogP contribution >= 0.6 is 0 Å². The molecule has 0 aliphatic heterocycles. The number of fused-ring (bicyclic) bond motifs is 5. The van der Waals surface area contributed by atoms with Gasteiger partial charge in [-0.2, -0.15) is 0 Å². The molecule has 0 bridgehead atoms. The molecule has 0 radical (unpaired) electrons. The summed E-state index contributed by atoms with van der Waals surface area (Å²) in [7, 11) is 0. The lowest BCUT2D eigenvalue weighted by Gasteiger charge is -2.65. The molecule has 0 heterocycles. The second-order valence-electron chi connectivity index (χ2n) is 11.5. The van der Waals surface area contributed by atoms with Crippen LogP contribution in [0.25, 0.3) is 0 Å². The molecule has 0 amide bonds. The summed E-state index contributed by atoms with van der Waals surface area (Å²) in [6, 6.07) is 0. The average Bonchev–Trinajstić information content (AvgIpc) is 2.98. The van der Waals surface area contributed by atoms with Crippen molar-refractivity contribution in [3.8, 4) is 0 Å². The molecule has 5 nitrogen and oxygen atoms in total. The number of carbonyl (C=O) groups is 1. The van der Waals surface area contributed by atoms with Crippen molar-refractivity contribution in [2.45, 2.75) is 103 Å². The van der Waals surface area contributed by atoms with E-state index in [1.807, 2.05) is 0 Å². The van der Waals surface area contributed by atoms with Crippen LogP contribution in [0.3, 0.4) is 0 Å². The molecule has 0 unspecified atom stereocenters. The zero-order valence-corrected chi connectivity index (χ0v) is 18.3. The van der Waals surface area contributed by atoms with Crippen molar-refractivity contribution in [3.63, 3.8) is 0 Å². The second kappa shape index (κ2) is 7.20. The fraction of sp³-hybridized carbons (Fsp3) is 0.958. The molecule has 0 spiro atoms. The highest BCUT2D eigenvalue weighted by Crippen LogP contribution is 2.69. The molecule has 29 heavy (non-hydrogen) atoms. The monoisotopic (exact) mass is 408 g/mol. The van der Waals surface area contributed by atoms with Crippen molar-refractivity contribution in [2.24, 2.45) is 40.4 Å². The number of aliphatic hydroxyl groups excluding tert-OH is 2. The Morgan fingerprint density at radius 1 is 1.03 bits per heavy atom. The lowest BCUT2D eigenvalue weighted by molar-refractivity contribution is -0.249. The molecule has 0 saturated heterocycles. The quantitative estimate of drug-likeness (QED) is 0.570. The highest BCUT2D eigenvalue weighted by molar-refractivity contribution is 5.66.